The highest BCUT2D eigenvalue weighted by atomic mass is 16.1. The minimum Gasteiger partial charge on any atom is -0.348 e. The maximum absolute atomic E-state index is 12.0. The molecule has 1 aromatic rings. The van der Waals surface area contributed by atoms with Crippen LogP contribution in [0.25, 0.3) is 0 Å². The van der Waals surface area contributed by atoms with Crippen LogP contribution < -0.4 is 10.2 Å². The molecule has 0 bridgehead atoms. The summed E-state index contributed by atoms with van der Waals surface area (Å²) in [6, 6.07) is 1.80. The summed E-state index contributed by atoms with van der Waals surface area (Å²) < 4.78 is 0. The van der Waals surface area contributed by atoms with Gasteiger partial charge in [0.05, 0.1) is 0 Å². The number of carbonyl (C=O) groups excluding carboxylic acids is 1. The maximum Gasteiger partial charge on any atom is 0.270 e. The average molecular weight is 264 g/mol. The number of unbranched alkanes of at least 4 members (excludes halogenated alkanes) is 1. The van der Waals surface area contributed by atoms with Crippen molar-refractivity contribution in [2.75, 3.05) is 18.5 Å². The summed E-state index contributed by atoms with van der Waals surface area (Å²) in [5.41, 5.74) is 0.425. The third kappa shape index (κ3) is 4.85. The molecule has 0 saturated carbocycles. The first kappa shape index (κ1) is 15.4. The quantitative estimate of drug-likeness (QED) is 0.820. The van der Waals surface area contributed by atoms with Gasteiger partial charge in [0.15, 0.2) is 0 Å². The van der Waals surface area contributed by atoms with Gasteiger partial charge in [0, 0.05) is 25.8 Å². The number of rotatable bonds is 7. The van der Waals surface area contributed by atoms with E-state index in [9.17, 15) is 4.79 Å². The van der Waals surface area contributed by atoms with Gasteiger partial charge in [0.2, 0.25) is 5.95 Å². The second-order valence-corrected chi connectivity index (χ2v) is 4.80. The molecule has 0 radical (unpaired) electrons. The Morgan fingerprint density at radius 2 is 2.21 bits per heavy atom. The molecule has 1 N–H and O–H groups in total. The predicted octanol–water partition coefficient (Wildman–Crippen LogP) is 2.24. The van der Waals surface area contributed by atoms with E-state index >= 15 is 0 Å². The molecule has 106 valence electrons. The molecule has 1 heterocycles. The van der Waals surface area contributed by atoms with Crippen molar-refractivity contribution in [3.8, 4) is 0 Å². The molecule has 0 saturated heterocycles. The molecule has 0 aliphatic rings. The normalized spacial score (nSPS) is 12.0. The third-order valence-corrected chi connectivity index (χ3v) is 3.05. The van der Waals surface area contributed by atoms with Crippen LogP contribution in [0.3, 0.4) is 0 Å². The van der Waals surface area contributed by atoms with Crippen molar-refractivity contribution in [3.63, 3.8) is 0 Å². The van der Waals surface area contributed by atoms with E-state index < -0.39 is 0 Å². The van der Waals surface area contributed by atoms with Crippen LogP contribution in [-0.2, 0) is 0 Å². The van der Waals surface area contributed by atoms with E-state index in [1.165, 1.54) is 0 Å². The highest BCUT2D eigenvalue weighted by molar-refractivity contribution is 5.92. The summed E-state index contributed by atoms with van der Waals surface area (Å²) in [7, 11) is 1.95. The zero-order chi connectivity index (χ0) is 14.3. The van der Waals surface area contributed by atoms with Gasteiger partial charge in [0.25, 0.3) is 5.91 Å². The van der Waals surface area contributed by atoms with Crippen LogP contribution in [0, 0.1) is 0 Å². The number of hydrogen-bond donors (Lipinski definition) is 1. The Morgan fingerprint density at radius 3 is 2.84 bits per heavy atom. The van der Waals surface area contributed by atoms with Crippen LogP contribution in [-0.4, -0.2) is 35.5 Å². The van der Waals surface area contributed by atoms with Gasteiger partial charge in [-0.05, 0) is 25.8 Å². The molecule has 0 spiro atoms. The Hall–Kier alpha value is -1.65. The number of nitrogens with one attached hydrogen (secondary N) is 1. The third-order valence-electron chi connectivity index (χ3n) is 3.05. The maximum atomic E-state index is 12.0. The van der Waals surface area contributed by atoms with Crippen molar-refractivity contribution in [1.82, 2.24) is 15.3 Å². The SMILES string of the molecule is CCCCN(C)c1nccc(C(=O)NC(C)CC)n1. The molecule has 1 unspecified atom stereocenters. The predicted molar refractivity (Wildman–Crippen MR) is 77.4 cm³/mol. The average Bonchev–Trinajstić information content (AvgIpc) is 2.44. The number of hydrogen-bond acceptors (Lipinski definition) is 4. The van der Waals surface area contributed by atoms with Gasteiger partial charge in [-0.25, -0.2) is 9.97 Å². The number of amides is 1. The Balaban J connectivity index is 2.73. The zero-order valence-corrected chi connectivity index (χ0v) is 12.3. The van der Waals surface area contributed by atoms with Gasteiger partial charge in [-0.2, -0.15) is 0 Å². The molecule has 0 aliphatic carbocycles. The van der Waals surface area contributed by atoms with Crippen LogP contribution in [0.1, 0.15) is 50.5 Å². The number of aromatic nitrogens is 2. The van der Waals surface area contributed by atoms with Gasteiger partial charge < -0.3 is 10.2 Å². The van der Waals surface area contributed by atoms with Crippen LogP contribution in [0.15, 0.2) is 12.3 Å². The summed E-state index contributed by atoms with van der Waals surface area (Å²) in [4.78, 5) is 22.5. The van der Waals surface area contributed by atoms with E-state index in [0.717, 1.165) is 25.8 Å². The summed E-state index contributed by atoms with van der Waals surface area (Å²) >= 11 is 0. The molecule has 1 amide bonds. The lowest BCUT2D eigenvalue weighted by Gasteiger charge is -2.17. The molecule has 5 nitrogen and oxygen atoms in total. The first-order valence-electron chi connectivity index (χ1n) is 6.93. The molecule has 5 heteroatoms. The smallest absolute Gasteiger partial charge is 0.270 e. The Kier molecular flexibility index (Phi) is 6.25. The lowest BCUT2D eigenvalue weighted by molar-refractivity contribution is 0.0934. The van der Waals surface area contributed by atoms with E-state index in [4.69, 9.17) is 0 Å². The van der Waals surface area contributed by atoms with Crippen molar-refractivity contribution in [2.45, 2.75) is 46.1 Å². The number of anilines is 1. The van der Waals surface area contributed by atoms with E-state index in [2.05, 4.69) is 22.2 Å². The van der Waals surface area contributed by atoms with Crippen molar-refractivity contribution in [2.24, 2.45) is 0 Å². The summed E-state index contributed by atoms with van der Waals surface area (Å²) in [6.45, 7) is 7.06. The fraction of sp³-hybridized carbons (Fsp3) is 0.643. The Bertz CT molecular complexity index is 408. The largest absolute Gasteiger partial charge is 0.348 e. The number of carbonyl (C=O) groups is 1. The molecule has 0 fully saturated rings. The molecule has 1 aromatic heterocycles. The lowest BCUT2D eigenvalue weighted by Crippen LogP contribution is -2.33. The van der Waals surface area contributed by atoms with Crippen molar-refractivity contribution in [3.05, 3.63) is 18.0 Å². The standard InChI is InChI=1S/C14H24N4O/c1-5-7-10-18(4)14-15-9-8-12(17-14)13(19)16-11(3)6-2/h8-9,11H,5-7,10H2,1-4H3,(H,16,19). The highest BCUT2D eigenvalue weighted by Gasteiger charge is 2.12. The molecule has 0 aromatic carbocycles. The Labute approximate surface area is 115 Å². The van der Waals surface area contributed by atoms with Crippen molar-refractivity contribution >= 4 is 11.9 Å². The van der Waals surface area contributed by atoms with Gasteiger partial charge in [-0.3, -0.25) is 4.79 Å². The minimum atomic E-state index is -0.137. The molecular formula is C14H24N4O. The Morgan fingerprint density at radius 1 is 1.47 bits per heavy atom. The first-order chi connectivity index (χ1) is 9.08. The number of nitrogens with zero attached hydrogens (tertiary/aromatic N) is 3. The highest BCUT2D eigenvalue weighted by Crippen LogP contribution is 2.07. The monoisotopic (exact) mass is 264 g/mol. The second-order valence-electron chi connectivity index (χ2n) is 4.80. The fourth-order valence-electron chi connectivity index (χ4n) is 1.55. The van der Waals surface area contributed by atoms with Crippen LogP contribution in [0.4, 0.5) is 5.95 Å². The minimum absolute atomic E-state index is 0.137. The topological polar surface area (TPSA) is 58.1 Å². The van der Waals surface area contributed by atoms with Gasteiger partial charge in [-0.15, -0.1) is 0 Å². The van der Waals surface area contributed by atoms with E-state index in [0.29, 0.717) is 11.6 Å². The van der Waals surface area contributed by atoms with E-state index in [-0.39, 0.29) is 11.9 Å². The molecular weight excluding hydrogens is 240 g/mol. The molecule has 1 rings (SSSR count). The van der Waals surface area contributed by atoms with Gasteiger partial charge in [0.1, 0.15) is 5.69 Å². The van der Waals surface area contributed by atoms with E-state index in [1.54, 1.807) is 12.3 Å². The van der Waals surface area contributed by atoms with Crippen molar-refractivity contribution < 1.29 is 4.79 Å². The van der Waals surface area contributed by atoms with Crippen molar-refractivity contribution in [1.29, 1.82) is 0 Å². The second kappa shape index (κ2) is 7.71. The van der Waals surface area contributed by atoms with Crippen LogP contribution in [0.5, 0.6) is 0 Å². The van der Waals surface area contributed by atoms with Crippen LogP contribution >= 0.6 is 0 Å². The fourth-order valence-corrected chi connectivity index (χ4v) is 1.55. The summed E-state index contributed by atoms with van der Waals surface area (Å²) in [6.07, 6.45) is 4.75. The molecule has 0 aliphatic heterocycles. The molecule has 1 atom stereocenters. The van der Waals surface area contributed by atoms with Crippen LogP contribution in [0.2, 0.25) is 0 Å². The zero-order valence-electron chi connectivity index (χ0n) is 12.3. The van der Waals surface area contributed by atoms with Gasteiger partial charge >= 0.3 is 0 Å². The summed E-state index contributed by atoms with van der Waals surface area (Å²) in [5.74, 6) is 0.465. The lowest BCUT2D eigenvalue weighted by atomic mass is 10.2. The molecule has 19 heavy (non-hydrogen) atoms. The van der Waals surface area contributed by atoms with Gasteiger partial charge in [-0.1, -0.05) is 20.3 Å². The first-order valence-corrected chi connectivity index (χ1v) is 6.93. The van der Waals surface area contributed by atoms with E-state index in [1.807, 2.05) is 25.8 Å². The summed E-state index contributed by atoms with van der Waals surface area (Å²) in [5, 5.41) is 2.91.